The van der Waals surface area contributed by atoms with Gasteiger partial charge in [-0.05, 0) is 12.1 Å². The molecule has 0 atom stereocenters. The Morgan fingerprint density at radius 2 is 2.31 bits per heavy atom. The predicted octanol–water partition coefficient (Wildman–Crippen LogP) is 1.64. The highest BCUT2D eigenvalue weighted by Gasteiger charge is 2.07. The van der Waals surface area contributed by atoms with Crippen LogP contribution in [-0.2, 0) is 0 Å². The van der Waals surface area contributed by atoms with Gasteiger partial charge in [0.05, 0.1) is 6.54 Å². The van der Waals surface area contributed by atoms with E-state index in [1.165, 1.54) is 0 Å². The summed E-state index contributed by atoms with van der Waals surface area (Å²) in [5.74, 6) is 1.71. The van der Waals surface area contributed by atoms with Gasteiger partial charge in [-0.1, -0.05) is 23.4 Å². The lowest BCUT2D eigenvalue weighted by molar-refractivity contribution is 1.04. The van der Waals surface area contributed by atoms with Crippen molar-refractivity contribution in [3.05, 3.63) is 17.3 Å². The fraction of sp³-hybridized carbons (Fsp3) is 0.286. The summed E-state index contributed by atoms with van der Waals surface area (Å²) >= 11 is 7.27. The van der Waals surface area contributed by atoms with Crippen molar-refractivity contribution in [1.82, 2.24) is 10.2 Å². The van der Waals surface area contributed by atoms with Crippen molar-refractivity contribution in [2.45, 2.75) is 0 Å². The number of aromatic nitrogens is 2. The smallest absolute Gasteiger partial charge is 0.162 e. The summed E-state index contributed by atoms with van der Waals surface area (Å²) in [6.45, 7) is 0.869. The van der Waals surface area contributed by atoms with Crippen LogP contribution in [0.4, 0.5) is 5.82 Å². The molecule has 0 fully saturated rings. The Hall–Kier alpha value is -0.810. The number of nitrogens with zero attached hydrogens (tertiary/aromatic N) is 3. The van der Waals surface area contributed by atoms with Crippen LogP contribution in [0.3, 0.4) is 0 Å². The molecule has 0 saturated heterocycles. The number of rotatable bonds is 1. The largest absolute Gasteiger partial charge is 0.318 e. The zero-order chi connectivity index (χ0) is 9.10. The van der Waals surface area contributed by atoms with Gasteiger partial charge in [-0.25, -0.2) is 0 Å². The first-order valence-corrected chi connectivity index (χ1v) is 5.14. The van der Waals surface area contributed by atoms with Crippen molar-refractivity contribution in [3.8, 4) is 0 Å². The van der Waals surface area contributed by atoms with Gasteiger partial charge in [0.2, 0.25) is 0 Å². The molecule has 0 spiro atoms. The molecule has 68 valence electrons. The number of hydrogen-bond donors (Lipinski definition) is 1. The monoisotopic (exact) mass is 214 g/mol. The maximum atomic E-state index is 5.59. The van der Waals surface area contributed by atoms with Crippen molar-refractivity contribution in [2.75, 3.05) is 17.6 Å². The van der Waals surface area contributed by atoms with Gasteiger partial charge in [-0.2, -0.15) is 0 Å². The van der Waals surface area contributed by atoms with Crippen LogP contribution in [0.1, 0.15) is 0 Å². The maximum absolute atomic E-state index is 5.59. The Morgan fingerprint density at radius 1 is 1.38 bits per heavy atom. The molecule has 2 rings (SSSR count). The Bertz CT molecular complexity index is 324. The molecule has 0 aliphatic carbocycles. The molecule has 0 radical (unpaired) electrons. The molecular formula is C7H7ClN4S. The first-order chi connectivity index (χ1) is 6.34. The van der Waals surface area contributed by atoms with Gasteiger partial charge in [0, 0.05) is 5.75 Å². The van der Waals surface area contributed by atoms with Crippen molar-refractivity contribution < 1.29 is 0 Å². The van der Waals surface area contributed by atoms with Crippen LogP contribution < -0.4 is 5.32 Å². The second kappa shape index (κ2) is 3.93. The minimum Gasteiger partial charge on any atom is -0.318 e. The molecule has 0 bridgehead atoms. The van der Waals surface area contributed by atoms with E-state index in [2.05, 4.69) is 20.5 Å². The molecule has 1 aromatic heterocycles. The number of halogens is 1. The van der Waals surface area contributed by atoms with Crippen LogP contribution in [0.2, 0.25) is 5.15 Å². The third kappa shape index (κ3) is 2.32. The van der Waals surface area contributed by atoms with E-state index in [1.807, 2.05) is 0 Å². The zero-order valence-electron chi connectivity index (χ0n) is 6.70. The zero-order valence-corrected chi connectivity index (χ0v) is 8.27. The SMILES string of the molecule is Clc1ccc(NC2=NCCS2)nn1. The fourth-order valence-electron chi connectivity index (χ4n) is 0.903. The molecule has 1 N–H and O–H groups in total. The molecule has 0 aromatic carbocycles. The Kier molecular flexibility index (Phi) is 2.65. The van der Waals surface area contributed by atoms with Crippen molar-refractivity contribution in [3.63, 3.8) is 0 Å². The number of amidine groups is 1. The molecule has 1 aromatic rings. The summed E-state index contributed by atoms with van der Waals surface area (Å²) in [7, 11) is 0. The van der Waals surface area contributed by atoms with E-state index in [9.17, 15) is 0 Å². The topological polar surface area (TPSA) is 50.2 Å². The van der Waals surface area contributed by atoms with Gasteiger partial charge < -0.3 is 5.32 Å². The molecule has 2 heterocycles. The van der Waals surface area contributed by atoms with E-state index >= 15 is 0 Å². The number of thioether (sulfide) groups is 1. The Labute approximate surface area is 84.8 Å². The van der Waals surface area contributed by atoms with Crippen LogP contribution in [0.5, 0.6) is 0 Å². The molecule has 4 nitrogen and oxygen atoms in total. The number of aliphatic imine (C=N–C) groups is 1. The quantitative estimate of drug-likeness (QED) is 0.772. The van der Waals surface area contributed by atoms with Gasteiger partial charge >= 0.3 is 0 Å². The van der Waals surface area contributed by atoms with E-state index in [-0.39, 0.29) is 0 Å². The molecule has 0 amide bonds. The third-order valence-corrected chi connectivity index (χ3v) is 2.55. The minimum absolute atomic E-state index is 0.395. The maximum Gasteiger partial charge on any atom is 0.162 e. The highest BCUT2D eigenvalue weighted by molar-refractivity contribution is 8.14. The number of anilines is 1. The summed E-state index contributed by atoms with van der Waals surface area (Å²) < 4.78 is 0. The van der Waals surface area contributed by atoms with Crippen LogP contribution >= 0.6 is 23.4 Å². The van der Waals surface area contributed by atoms with Gasteiger partial charge in [0.15, 0.2) is 16.1 Å². The van der Waals surface area contributed by atoms with E-state index in [0.29, 0.717) is 11.0 Å². The standard InChI is InChI=1S/C7H7ClN4S/c8-5-1-2-6(12-11-5)10-7-9-3-4-13-7/h1-2H,3-4H2,(H,9,10,12). The van der Waals surface area contributed by atoms with Crippen molar-refractivity contribution >= 4 is 34.3 Å². The van der Waals surface area contributed by atoms with Gasteiger partial charge in [-0.3, -0.25) is 4.99 Å². The Morgan fingerprint density at radius 3 is 2.92 bits per heavy atom. The lowest BCUT2D eigenvalue weighted by Crippen LogP contribution is -2.06. The molecule has 1 aliphatic heterocycles. The number of hydrogen-bond acceptors (Lipinski definition) is 5. The van der Waals surface area contributed by atoms with Gasteiger partial charge in [0.1, 0.15) is 0 Å². The predicted molar refractivity (Wildman–Crippen MR) is 55.4 cm³/mol. The molecule has 13 heavy (non-hydrogen) atoms. The molecule has 6 heteroatoms. The van der Waals surface area contributed by atoms with Crippen LogP contribution in [-0.4, -0.2) is 27.7 Å². The second-order valence-corrected chi connectivity index (χ2v) is 3.87. The molecular weight excluding hydrogens is 208 g/mol. The lowest BCUT2D eigenvalue weighted by atomic mass is 10.5. The molecule has 0 saturated carbocycles. The molecule has 0 unspecified atom stereocenters. The van der Waals surface area contributed by atoms with Crippen LogP contribution in [0.25, 0.3) is 0 Å². The van der Waals surface area contributed by atoms with E-state index in [1.54, 1.807) is 23.9 Å². The normalized spacial score (nSPS) is 15.6. The lowest BCUT2D eigenvalue weighted by Gasteiger charge is -2.01. The van der Waals surface area contributed by atoms with Crippen LogP contribution in [0.15, 0.2) is 17.1 Å². The van der Waals surface area contributed by atoms with Crippen molar-refractivity contribution in [1.29, 1.82) is 0 Å². The summed E-state index contributed by atoms with van der Waals surface area (Å²) in [5, 5.41) is 11.9. The molecule has 1 aliphatic rings. The Balaban J connectivity index is 2.05. The minimum atomic E-state index is 0.395. The van der Waals surface area contributed by atoms with E-state index in [4.69, 9.17) is 11.6 Å². The average Bonchev–Trinajstić information content (AvgIpc) is 2.62. The second-order valence-electron chi connectivity index (χ2n) is 2.40. The average molecular weight is 215 g/mol. The highest BCUT2D eigenvalue weighted by atomic mass is 35.5. The summed E-state index contributed by atoms with van der Waals surface area (Å²) in [4.78, 5) is 4.22. The van der Waals surface area contributed by atoms with E-state index in [0.717, 1.165) is 17.5 Å². The van der Waals surface area contributed by atoms with Crippen LogP contribution in [0, 0.1) is 0 Å². The fourth-order valence-corrected chi connectivity index (χ4v) is 1.74. The highest BCUT2D eigenvalue weighted by Crippen LogP contribution is 2.14. The summed E-state index contributed by atoms with van der Waals surface area (Å²) in [5.41, 5.74) is 0. The van der Waals surface area contributed by atoms with Gasteiger partial charge in [0.25, 0.3) is 0 Å². The third-order valence-electron chi connectivity index (χ3n) is 1.45. The van der Waals surface area contributed by atoms with Crippen molar-refractivity contribution in [2.24, 2.45) is 4.99 Å². The summed E-state index contributed by atoms with van der Waals surface area (Å²) in [6.07, 6.45) is 0. The first-order valence-electron chi connectivity index (χ1n) is 3.78. The van der Waals surface area contributed by atoms with E-state index < -0.39 is 0 Å². The number of nitrogens with one attached hydrogen (secondary N) is 1. The summed E-state index contributed by atoms with van der Waals surface area (Å²) in [6, 6.07) is 3.47. The van der Waals surface area contributed by atoms with Gasteiger partial charge in [-0.15, -0.1) is 10.2 Å². The first kappa shape index (κ1) is 8.77.